The molecule has 0 saturated carbocycles. The molecule has 0 fully saturated rings. The van der Waals surface area contributed by atoms with Gasteiger partial charge in [-0.25, -0.2) is 0 Å². The summed E-state index contributed by atoms with van der Waals surface area (Å²) in [5.74, 6) is -0.389. The average Bonchev–Trinajstić information content (AvgIpc) is 2.10. The van der Waals surface area contributed by atoms with Crippen molar-refractivity contribution in [1.82, 2.24) is 4.37 Å². The number of rotatable bonds is 1. The van der Waals surface area contributed by atoms with E-state index < -0.39 is 6.36 Å². The molecule has 2 nitrogen and oxygen atoms in total. The van der Waals surface area contributed by atoms with Crippen LogP contribution in [0.15, 0.2) is 6.07 Å². The maximum absolute atomic E-state index is 11.5. The lowest BCUT2D eigenvalue weighted by Crippen LogP contribution is -2.17. The van der Waals surface area contributed by atoms with Crippen molar-refractivity contribution in [1.29, 1.82) is 0 Å². The first-order chi connectivity index (χ1) is 4.97. The van der Waals surface area contributed by atoms with Gasteiger partial charge in [0, 0.05) is 10.9 Å². The summed E-state index contributed by atoms with van der Waals surface area (Å²) < 4.78 is 41.4. The van der Waals surface area contributed by atoms with Gasteiger partial charge in [0.25, 0.3) is 0 Å². The molecule has 0 aliphatic heterocycles. The number of nitrogens with zero attached hydrogens (tertiary/aromatic N) is 1. The molecule has 0 aliphatic carbocycles. The van der Waals surface area contributed by atoms with Gasteiger partial charge in [0.05, 0.1) is 0 Å². The van der Waals surface area contributed by atoms with Gasteiger partial charge >= 0.3 is 6.36 Å². The van der Waals surface area contributed by atoms with E-state index in [4.69, 9.17) is 0 Å². The van der Waals surface area contributed by atoms with Gasteiger partial charge < -0.3 is 4.74 Å². The smallest absolute Gasteiger partial charge is 0.387 e. The molecule has 0 atom stereocenters. The summed E-state index contributed by atoms with van der Waals surface area (Å²) in [5.41, 5.74) is 0. The van der Waals surface area contributed by atoms with Crippen molar-refractivity contribution >= 4 is 11.5 Å². The molecule has 0 spiro atoms. The Morgan fingerprint density at radius 3 is 2.55 bits per heavy atom. The van der Waals surface area contributed by atoms with Gasteiger partial charge in [-0.3, -0.25) is 0 Å². The summed E-state index contributed by atoms with van der Waals surface area (Å²) >= 11 is 0.970. The molecule has 1 aromatic heterocycles. The lowest BCUT2D eigenvalue weighted by molar-refractivity contribution is -0.275. The Kier molecular flexibility index (Phi) is 2.03. The molecule has 1 rings (SSSR count). The molecule has 1 heterocycles. The minimum Gasteiger partial charge on any atom is -0.387 e. The van der Waals surface area contributed by atoms with Crippen LogP contribution in [-0.2, 0) is 0 Å². The molecule has 1 aromatic rings. The molecule has 0 radical (unpaired) electrons. The molecule has 0 aromatic carbocycles. The molecule has 0 aliphatic rings. The monoisotopic (exact) mass is 183 g/mol. The van der Waals surface area contributed by atoms with E-state index in [2.05, 4.69) is 9.11 Å². The molecule has 0 bridgehead atoms. The summed E-state index contributed by atoms with van der Waals surface area (Å²) in [7, 11) is 0. The molecule has 11 heavy (non-hydrogen) atoms. The Balaban J connectivity index is 2.65. The third-order valence-corrected chi connectivity index (χ3v) is 1.50. The second kappa shape index (κ2) is 2.69. The molecule has 0 amide bonds. The summed E-state index contributed by atoms with van der Waals surface area (Å²) in [6.07, 6.45) is -4.64. The van der Waals surface area contributed by atoms with Gasteiger partial charge in [-0.2, -0.15) is 4.37 Å². The van der Waals surface area contributed by atoms with Crippen LogP contribution in [0.4, 0.5) is 13.2 Å². The molecule has 0 saturated heterocycles. The Hall–Kier alpha value is -0.780. The zero-order valence-corrected chi connectivity index (χ0v) is 6.29. The first-order valence-electron chi connectivity index (χ1n) is 2.66. The van der Waals surface area contributed by atoms with Crippen LogP contribution in [0.1, 0.15) is 4.88 Å². The van der Waals surface area contributed by atoms with Crippen molar-refractivity contribution in [2.75, 3.05) is 0 Å². The number of alkyl halides is 3. The maximum Gasteiger partial charge on any atom is 0.574 e. The topological polar surface area (TPSA) is 22.1 Å². The molecule has 62 valence electrons. The van der Waals surface area contributed by atoms with Crippen LogP contribution in [0.25, 0.3) is 0 Å². The van der Waals surface area contributed by atoms with Crippen molar-refractivity contribution in [2.24, 2.45) is 0 Å². The van der Waals surface area contributed by atoms with Crippen molar-refractivity contribution in [3.05, 3.63) is 10.9 Å². The SMILES string of the molecule is Cc1cc(OC(F)(F)F)ns1. The van der Waals surface area contributed by atoms with Crippen LogP contribution in [-0.4, -0.2) is 10.7 Å². The van der Waals surface area contributed by atoms with E-state index in [0.29, 0.717) is 4.88 Å². The maximum atomic E-state index is 11.5. The number of aromatic nitrogens is 1. The summed E-state index contributed by atoms with van der Waals surface area (Å²) in [6.45, 7) is 1.65. The molecular weight excluding hydrogens is 179 g/mol. The number of ether oxygens (including phenoxy) is 1. The predicted molar refractivity (Wildman–Crippen MR) is 33.5 cm³/mol. The second-order valence-corrected chi connectivity index (χ2v) is 2.83. The van der Waals surface area contributed by atoms with Crippen LogP contribution in [0.2, 0.25) is 0 Å². The van der Waals surface area contributed by atoms with Gasteiger partial charge in [-0.15, -0.1) is 13.2 Å². The van der Waals surface area contributed by atoms with Gasteiger partial charge in [-0.1, -0.05) is 0 Å². The first kappa shape index (κ1) is 8.32. The van der Waals surface area contributed by atoms with Gasteiger partial charge in [0.1, 0.15) is 0 Å². The molecule has 6 heteroatoms. The minimum absolute atomic E-state index is 0.389. The highest BCUT2D eigenvalue weighted by Crippen LogP contribution is 2.23. The number of hydrogen-bond donors (Lipinski definition) is 0. The quantitative estimate of drug-likeness (QED) is 0.666. The standard InChI is InChI=1S/C5H4F3NOS/c1-3-2-4(9-11-3)10-5(6,7)8/h2H,1H3. The fraction of sp³-hybridized carbons (Fsp3) is 0.400. The van der Waals surface area contributed by atoms with Crippen LogP contribution in [0.3, 0.4) is 0 Å². The van der Waals surface area contributed by atoms with E-state index in [1.807, 2.05) is 0 Å². The zero-order chi connectivity index (χ0) is 8.48. The lowest BCUT2D eigenvalue weighted by Gasteiger charge is -2.03. The van der Waals surface area contributed by atoms with E-state index in [1.54, 1.807) is 6.92 Å². The third kappa shape index (κ3) is 2.75. The average molecular weight is 183 g/mol. The van der Waals surface area contributed by atoms with Gasteiger partial charge in [0.2, 0.25) is 5.88 Å². The fourth-order valence-electron chi connectivity index (χ4n) is 0.510. The normalized spacial score (nSPS) is 11.6. The second-order valence-electron chi connectivity index (χ2n) is 1.82. The fourth-order valence-corrected chi connectivity index (χ4v) is 0.988. The lowest BCUT2D eigenvalue weighted by atomic mass is 10.5. The number of aryl methyl sites for hydroxylation is 1. The van der Waals surface area contributed by atoms with E-state index >= 15 is 0 Å². The molecule has 0 N–H and O–H groups in total. The highest BCUT2D eigenvalue weighted by molar-refractivity contribution is 7.05. The molecule has 0 unspecified atom stereocenters. The van der Waals surface area contributed by atoms with E-state index in [1.165, 1.54) is 6.07 Å². The highest BCUT2D eigenvalue weighted by Gasteiger charge is 2.32. The Labute approximate surface area is 64.8 Å². The predicted octanol–water partition coefficient (Wildman–Crippen LogP) is 2.35. The van der Waals surface area contributed by atoms with Crippen LogP contribution >= 0.6 is 11.5 Å². The zero-order valence-electron chi connectivity index (χ0n) is 5.47. The summed E-state index contributed by atoms with van der Waals surface area (Å²) in [4.78, 5) is 0.684. The Morgan fingerprint density at radius 2 is 2.18 bits per heavy atom. The summed E-state index contributed by atoms with van der Waals surface area (Å²) in [6, 6.07) is 1.23. The van der Waals surface area contributed by atoms with Crippen molar-refractivity contribution in [2.45, 2.75) is 13.3 Å². The van der Waals surface area contributed by atoms with E-state index in [-0.39, 0.29) is 5.88 Å². The summed E-state index contributed by atoms with van der Waals surface area (Å²) in [5, 5.41) is 0. The largest absolute Gasteiger partial charge is 0.574 e. The van der Waals surface area contributed by atoms with Crippen LogP contribution in [0.5, 0.6) is 5.88 Å². The highest BCUT2D eigenvalue weighted by atomic mass is 32.1. The Bertz CT molecular complexity index is 244. The van der Waals surface area contributed by atoms with Crippen LogP contribution < -0.4 is 4.74 Å². The van der Waals surface area contributed by atoms with Gasteiger partial charge in [-0.05, 0) is 18.5 Å². The third-order valence-electron chi connectivity index (χ3n) is 0.827. The van der Waals surface area contributed by atoms with Crippen molar-refractivity contribution in [3.63, 3.8) is 0 Å². The van der Waals surface area contributed by atoms with Crippen molar-refractivity contribution in [3.8, 4) is 5.88 Å². The number of halogens is 3. The van der Waals surface area contributed by atoms with E-state index in [0.717, 1.165) is 11.5 Å². The Morgan fingerprint density at radius 1 is 1.55 bits per heavy atom. The van der Waals surface area contributed by atoms with Gasteiger partial charge in [0.15, 0.2) is 0 Å². The van der Waals surface area contributed by atoms with Crippen LogP contribution in [0, 0.1) is 6.92 Å². The van der Waals surface area contributed by atoms with Crippen molar-refractivity contribution < 1.29 is 17.9 Å². The van der Waals surface area contributed by atoms with E-state index in [9.17, 15) is 13.2 Å². The number of hydrogen-bond acceptors (Lipinski definition) is 3. The first-order valence-corrected chi connectivity index (χ1v) is 3.44. The molecular formula is C5H4F3NOS. The minimum atomic E-state index is -4.64.